The Labute approximate surface area is 202 Å². The normalized spacial score (nSPS) is 10.5. The maximum atomic E-state index is 13.3. The van der Waals surface area contributed by atoms with Gasteiger partial charge in [-0.1, -0.05) is 84.9 Å². The summed E-state index contributed by atoms with van der Waals surface area (Å²) in [7, 11) is 0. The van der Waals surface area contributed by atoms with Crippen molar-refractivity contribution in [2.24, 2.45) is 0 Å². The molecule has 0 aliphatic heterocycles. The van der Waals surface area contributed by atoms with Gasteiger partial charge in [0.15, 0.2) is 0 Å². The molecule has 0 spiro atoms. The summed E-state index contributed by atoms with van der Waals surface area (Å²) in [6.07, 6.45) is -5.09. The first-order valence-electron chi connectivity index (χ1n) is 10.5. The van der Waals surface area contributed by atoms with Crippen LogP contribution >= 0.6 is 0 Å². The fourth-order valence-corrected chi connectivity index (χ4v) is 3.54. The lowest BCUT2D eigenvalue weighted by atomic mass is 9.97. The number of hydrogen-bond donors (Lipinski definition) is 0. The molecule has 36 heavy (non-hydrogen) atoms. The Bertz CT molecular complexity index is 1310. The highest BCUT2D eigenvalue weighted by Gasteiger charge is 2.14. The van der Waals surface area contributed by atoms with Gasteiger partial charge in [0.05, 0.1) is 0 Å². The van der Waals surface area contributed by atoms with Crippen molar-refractivity contribution in [3.8, 4) is 44.9 Å². The van der Waals surface area contributed by atoms with Gasteiger partial charge >= 0.3 is 24.2 Å². The molecule has 0 radical (unpaired) electrons. The summed E-state index contributed by atoms with van der Waals surface area (Å²) in [6.45, 7) is 0. The van der Waals surface area contributed by atoms with E-state index in [1.54, 1.807) is 84.9 Å². The first-order chi connectivity index (χ1) is 17.3. The molecular formula is C28H16F6O2. The monoisotopic (exact) mass is 498 g/mol. The molecule has 0 N–H and O–H groups in total. The van der Waals surface area contributed by atoms with Crippen LogP contribution in [0.25, 0.3) is 33.4 Å². The van der Waals surface area contributed by atoms with E-state index in [0.29, 0.717) is 22.3 Å². The van der Waals surface area contributed by atoms with Crippen molar-refractivity contribution in [1.82, 2.24) is 0 Å². The number of para-hydroxylation sites is 2. The van der Waals surface area contributed by atoms with Gasteiger partial charge in [-0.2, -0.15) is 26.3 Å². The minimum absolute atomic E-state index is 0.0558. The molecule has 0 aliphatic rings. The largest absolute Gasteiger partial charge is 0.427 e. The molecule has 0 saturated carbocycles. The molecule has 8 heteroatoms. The molecule has 0 aromatic heterocycles. The van der Waals surface area contributed by atoms with Crippen molar-refractivity contribution < 1.29 is 35.8 Å². The summed E-state index contributed by atoms with van der Waals surface area (Å²) in [4.78, 5) is 0. The zero-order valence-electron chi connectivity index (χ0n) is 18.3. The number of benzene rings is 4. The van der Waals surface area contributed by atoms with Gasteiger partial charge < -0.3 is 9.47 Å². The SMILES string of the molecule is FC(F)=C(F)Oc1ccccc1-c1ccc(-c2ccc(-c3ccccc3OC(F)=C(F)F)cc2)cc1. The van der Waals surface area contributed by atoms with Crippen LogP contribution < -0.4 is 9.47 Å². The molecule has 0 fully saturated rings. The maximum Gasteiger partial charge on any atom is 0.344 e. The van der Waals surface area contributed by atoms with Crippen molar-refractivity contribution >= 4 is 0 Å². The van der Waals surface area contributed by atoms with Crippen LogP contribution in [-0.2, 0) is 0 Å². The Kier molecular flexibility index (Phi) is 7.44. The smallest absolute Gasteiger partial charge is 0.344 e. The van der Waals surface area contributed by atoms with Gasteiger partial charge in [-0.3, -0.25) is 0 Å². The zero-order chi connectivity index (χ0) is 25.7. The lowest BCUT2D eigenvalue weighted by Gasteiger charge is -2.11. The van der Waals surface area contributed by atoms with E-state index >= 15 is 0 Å². The van der Waals surface area contributed by atoms with Crippen molar-refractivity contribution in [2.45, 2.75) is 0 Å². The first-order valence-corrected chi connectivity index (χ1v) is 10.5. The van der Waals surface area contributed by atoms with Crippen LogP contribution in [0.15, 0.2) is 121 Å². The molecule has 0 unspecified atom stereocenters. The third-order valence-corrected chi connectivity index (χ3v) is 5.20. The lowest BCUT2D eigenvalue weighted by molar-refractivity contribution is 0.242. The Hall–Kier alpha value is -4.46. The van der Waals surface area contributed by atoms with Gasteiger partial charge in [-0.15, -0.1) is 0 Å². The first kappa shape index (κ1) is 24.7. The van der Waals surface area contributed by atoms with E-state index in [2.05, 4.69) is 9.47 Å². The van der Waals surface area contributed by atoms with E-state index in [0.717, 1.165) is 11.1 Å². The summed E-state index contributed by atoms with van der Waals surface area (Å²) >= 11 is 0. The number of hydrogen-bond acceptors (Lipinski definition) is 2. The summed E-state index contributed by atoms with van der Waals surface area (Å²) in [5, 5.41) is 0. The van der Waals surface area contributed by atoms with Crippen LogP contribution in [0.1, 0.15) is 0 Å². The maximum absolute atomic E-state index is 13.3. The van der Waals surface area contributed by atoms with Crippen LogP contribution in [-0.4, -0.2) is 0 Å². The van der Waals surface area contributed by atoms with Gasteiger partial charge in [-0.25, -0.2) is 0 Å². The van der Waals surface area contributed by atoms with E-state index in [-0.39, 0.29) is 11.5 Å². The van der Waals surface area contributed by atoms with E-state index in [1.165, 1.54) is 12.1 Å². The zero-order valence-corrected chi connectivity index (χ0v) is 18.3. The summed E-state index contributed by atoms with van der Waals surface area (Å²) in [5.74, 6) is -0.112. The van der Waals surface area contributed by atoms with Crippen LogP contribution in [0.2, 0.25) is 0 Å². The van der Waals surface area contributed by atoms with Gasteiger partial charge in [0, 0.05) is 11.1 Å². The molecule has 0 aliphatic carbocycles. The highest BCUT2D eigenvalue weighted by atomic mass is 19.3. The topological polar surface area (TPSA) is 18.5 Å². The molecule has 0 bridgehead atoms. The standard InChI is InChI=1S/C28H16F6O2/c29-25(30)27(33)35-23-7-3-1-5-21(23)19-13-9-17(10-14-19)18-11-15-20(16-12-18)22-6-2-4-8-24(22)36-28(34)26(31)32/h1-16H. The van der Waals surface area contributed by atoms with Crippen LogP contribution in [0.3, 0.4) is 0 Å². The minimum Gasteiger partial charge on any atom is -0.427 e. The predicted molar refractivity (Wildman–Crippen MR) is 125 cm³/mol. The van der Waals surface area contributed by atoms with E-state index < -0.39 is 24.2 Å². The molecular weight excluding hydrogens is 482 g/mol. The summed E-state index contributed by atoms with van der Waals surface area (Å²) in [6, 6.07) is 22.7. The molecule has 182 valence electrons. The second-order valence-corrected chi connectivity index (χ2v) is 7.42. The van der Waals surface area contributed by atoms with E-state index in [9.17, 15) is 26.3 Å². The molecule has 4 rings (SSSR count). The van der Waals surface area contributed by atoms with Crippen LogP contribution in [0.5, 0.6) is 11.5 Å². The quantitative estimate of drug-likeness (QED) is 0.187. The fourth-order valence-electron chi connectivity index (χ4n) is 3.54. The number of ether oxygens (including phenoxy) is 2. The van der Waals surface area contributed by atoms with Crippen molar-refractivity contribution in [3.63, 3.8) is 0 Å². The average Bonchev–Trinajstić information content (AvgIpc) is 2.89. The highest BCUT2D eigenvalue weighted by Crippen LogP contribution is 2.35. The Morgan fingerprint density at radius 2 is 0.694 bits per heavy atom. The second-order valence-electron chi connectivity index (χ2n) is 7.42. The average molecular weight is 498 g/mol. The molecule has 0 atom stereocenters. The molecule has 2 nitrogen and oxygen atoms in total. The van der Waals surface area contributed by atoms with Crippen molar-refractivity contribution in [1.29, 1.82) is 0 Å². The Morgan fingerprint density at radius 3 is 1.03 bits per heavy atom. The fraction of sp³-hybridized carbons (Fsp3) is 0. The Balaban J connectivity index is 1.58. The summed E-state index contributed by atoms with van der Waals surface area (Å²) < 4.78 is 85.8. The lowest BCUT2D eigenvalue weighted by Crippen LogP contribution is -1.93. The molecule has 0 amide bonds. The van der Waals surface area contributed by atoms with Crippen molar-refractivity contribution in [2.75, 3.05) is 0 Å². The van der Waals surface area contributed by atoms with Gasteiger partial charge in [0.2, 0.25) is 0 Å². The molecule has 4 aromatic rings. The second kappa shape index (κ2) is 10.9. The van der Waals surface area contributed by atoms with E-state index in [1.807, 2.05) is 0 Å². The van der Waals surface area contributed by atoms with Gasteiger partial charge in [-0.05, 0) is 34.4 Å². The van der Waals surface area contributed by atoms with Crippen LogP contribution in [0, 0.1) is 0 Å². The van der Waals surface area contributed by atoms with E-state index in [4.69, 9.17) is 0 Å². The number of rotatable bonds is 7. The third kappa shape index (κ3) is 5.60. The highest BCUT2D eigenvalue weighted by molar-refractivity contribution is 5.77. The number of halogens is 6. The van der Waals surface area contributed by atoms with Crippen LogP contribution in [0.4, 0.5) is 26.3 Å². The molecule has 4 aromatic carbocycles. The minimum atomic E-state index is -2.55. The Morgan fingerprint density at radius 1 is 0.389 bits per heavy atom. The van der Waals surface area contributed by atoms with Gasteiger partial charge in [0.25, 0.3) is 0 Å². The molecule has 0 saturated heterocycles. The third-order valence-electron chi connectivity index (χ3n) is 5.20. The van der Waals surface area contributed by atoms with Crippen molar-refractivity contribution in [3.05, 3.63) is 121 Å². The summed E-state index contributed by atoms with van der Waals surface area (Å²) in [5.41, 5.74) is 3.75. The van der Waals surface area contributed by atoms with Gasteiger partial charge in [0.1, 0.15) is 11.5 Å². The predicted octanol–water partition coefficient (Wildman–Crippen LogP) is 9.52. The molecule has 0 heterocycles.